The molecule has 0 N–H and O–H groups in total. The zero-order valence-corrected chi connectivity index (χ0v) is 11.2. The van der Waals surface area contributed by atoms with Gasteiger partial charge in [-0.05, 0) is 19.3 Å². The first-order valence-corrected chi connectivity index (χ1v) is 7.85. The predicted octanol–water partition coefficient (Wildman–Crippen LogP) is 2.43. The Morgan fingerprint density at radius 3 is 2.26 bits per heavy atom. The van der Waals surface area contributed by atoms with Crippen molar-refractivity contribution in [2.24, 2.45) is 5.92 Å². The van der Waals surface area contributed by atoms with E-state index in [1.165, 1.54) is 0 Å². The van der Waals surface area contributed by atoms with Crippen molar-refractivity contribution in [3.05, 3.63) is 0 Å². The second-order valence-electron chi connectivity index (χ2n) is 4.62. The molecule has 0 aromatic carbocycles. The number of carbonyl (C=O) groups excluding carboxylic acids is 1. The molecule has 19 heavy (non-hydrogen) atoms. The normalized spacial score (nSPS) is 18.3. The fraction of sp³-hybridized carbons (Fsp3) is 0.909. The van der Waals surface area contributed by atoms with Crippen LogP contribution >= 0.6 is 0 Å². The second-order valence-corrected chi connectivity index (χ2v) is 6.72. The SMILES string of the molecule is O=C(OCCCS(=O)(=O)C(F)(F)F)C1CCCCC1. The molecule has 0 aromatic heterocycles. The number of hydrogen-bond acceptors (Lipinski definition) is 4. The van der Waals surface area contributed by atoms with E-state index in [4.69, 9.17) is 4.74 Å². The molecule has 1 saturated carbocycles. The van der Waals surface area contributed by atoms with Crippen molar-refractivity contribution in [2.75, 3.05) is 12.4 Å². The first-order valence-electron chi connectivity index (χ1n) is 6.20. The third-order valence-electron chi connectivity index (χ3n) is 3.09. The Bertz CT molecular complexity index is 397. The summed E-state index contributed by atoms with van der Waals surface area (Å²) in [5.41, 5.74) is -5.24. The largest absolute Gasteiger partial charge is 0.497 e. The van der Waals surface area contributed by atoms with Gasteiger partial charge in [-0.25, -0.2) is 8.42 Å². The second kappa shape index (κ2) is 6.58. The molecule has 1 aliphatic rings. The number of carbonyl (C=O) groups is 1. The highest BCUT2D eigenvalue weighted by Crippen LogP contribution is 2.25. The van der Waals surface area contributed by atoms with Crippen LogP contribution in [-0.4, -0.2) is 32.3 Å². The summed E-state index contributed by atoms with van der Waals surface area (Å²) in [6.07, 6.45) is 4.11. The van der Waals surface area contributed by atoms with Gasteiger partial charge in [-0.2, -0.15) is 13.2 Å². The fourth-order valence-corrected chi connectivity index (χ4v) is 2.72. The van der Waals surface area contributed by atoms with Crippen LogP contribution in [0.4, 0.5) is 13.2 Å². The first-order chi connectivity index (χ1) is 8.74. The highest BCUT2D eigenvalue weighted by molar-refractivity contribution is 7.92. The van der Waals surface area contributed by atoms with Crippen molar-refractivity contribution in [1.82, 2.24) is 0 Å². The number of alkyl halides is 3. The van der Waals surface area contributed by atoms with Crippen LogP contribution in [0.1, 0.15) is 38.5 Å². The van der Waals surface area contributed by atoms with E-state index in [0.29, 0.717) is 0 Å². The van der Waals surface area contributed by atoms with Crippen LogP contribution in [0.5, 0.6) is 0 Å². The minimum absolute atomic E-state index is 0.187. The van der Waals surface area contributed by atoms with Gasteiger partial charge in [0.05, 0.1) is 18.3 Å². The summed E-state index contributed by atoms with van der Waals surface area (Å²) in [7, 11) is -5.11. The van der Waals surface area contributed by atoms with Crippen molar-refractivity contribution in [3.63, 3.8) is 0 Å². The topological polar surface area (TPSA) is 60.4 Å². The first kappa shape index (κ1) is 16.3. The zero-order valence-electron chi connectivity index (χ0n) is 10.4. The van der Waals surface area contributed by atoms with Crippen molar-refractivity contribution >= 4 is 15.8 Å². The molecule has 1 aliphatic carbocycles. The Morgan fingerprint density at radius 2 is 1.74 bits per heavy atom. The van der Waals surface area contributed by atoms with Crippen LogP contribution in [0.25, 0.3) is 0 Å². The van der Waals surface area contributed by atoms with Crippen LogP contribution in [-0.2, 0) is 19.4 Å². The number of ether oxygens (including phenoxy) is 1. The van der Waals surface area contributed by atoms with Crippen LogP contribution in [0.3, 0.4) is 0 Å². The zero-order chi connectivity index (χ0) is 14.5. The van der Waals surface area contributed by atoms with E-state index in [1.807, 2.05) is 0 Å². The van der Waals surface area contributed by atoms with Gasteiger partial charge in [0.15, 0.2) is 0 Å². The van der Waals surface area contributed by atoms with Gasteiger partial charge in [0.2, 0.25) is 9.84 Å². The Kier molecular flexibility index (Phi) is 5.64. The molecular weight excluding hydrogens is 285 g/mol. The van der Waals surface area contributed by atoms with E-state index in [0.717, 1.165) is 32.1 Å². The average Bonchev–Trinajstić information content (AvgIpc) is 2.34. The summed E-state index contributed by atoms with van der Waals surface area (Å²) in [5.74, 6) is -1.66. The fourth-order valence-electron chi connectivity index (χ4n) is 1.99. The Balaban J connectivity index is 2.25. The summed E-state index contributed by atoms with van der Waals surface area (Å²) >= 11 is 0. The molecule has 0 heterocycles. The quantitative estimate of drug-likeness (QED) is 0.578. The molecule has 112 valence electrons. The smallest absolute Gasteiger partial charge is 0.465 e. The van der Waals surface area contributed by atoms with Crippen molar-refractivity contribution in [3.8, 4) is 0 Å². The van der Waals surface area contributed by atoms with E-state index >= 15 is 0 Å². The van der Waals surface area contributed by atoms with Gasteiger partial charge in [-0.1, -0.05) is 19.3 Å². The van der Waals surface area contributed by atoms with Gasteiger partial charge < -0.3 is 4.74 Å². The van der Waals surface area contributed by atoms with Gasteiger partial charge in [0.1, 0.15) is 0 Å². The monoisotopic (exact) mass is 302 g/mol. The molecule has 0 saturated heterocycles. The third kappa shape index (κ3) is 5.00. The maximum Gasteiger partial charge on any atom is 0.497 e. The van der Waals surface area contributed by atoms with Gasteiger partial charge in [-0.3, -0.25) is 4.79 Å². The molecule has 0 amide bonds. The minimum Gasteiger partial charge on any atom is -0.465 e. The van der Waals surface area contributed by atoms with Crippen LogP contribution in [0, 0.1) is 5.92 Å². The van der Waals surface area contributed by atoms with Crippen molar-refractivity contribution in [1.29, 1.82) is 0 Å². The van der Waals surface area contributed by atoms with Crippen LogP contribution in [0.2, 0.25) is 0 Å². The lowest BCUT2D eigenvalue weighted by atomic mass is 9.89. The lowest BCUT2D eigenvalue weighted by Gasteiger charge is -2.19. The Morgan fingerprint density at radius 1 is 1.16 bits per heavy atom. The molecule has 0 unspecified atom stereocenters. The third-order valence-corrected chi connectivity index (χ3v) is 4.62. The number of rotatable bonds is 5. The highest BCUT2D eigenvalue weighted by atomic mass is 32.2. The molecule has 8 heteroatoms. The molecule has 0 bridgehead atoms. The van der Waals surface area contributed by atoms with Crippen molar-refractivity contribution in [2.45, 2.75) is 44.0 Å². The highest BCUT2D eigenvalue weighted by Gasteiger charge is 2.44. The molecule has 1 fully saturated rings. The van der Waals surface area contributed by atoms with Gasteiger partial charge in [0, 0.05) is 0 Å². The Hall–Kier alpha value is -0.790. The van der Waals surface area contributed by atoms with Crippen molar-refractivity contribution < 1.29 is 31.1 Å². The maximum absolute atomic E-state index is 12.0. The summed E-state index contributed by atoms with van der Waals surface area (Å²) in [5, 5.41) is 0. The summed E-state index contributed by atoms with van der Waals surface area (Å²) < 4.78 is 62.3. The maximum atomic E-state index is 12.0. The molecular formula is C11H17F3O4S. The summed E-state index contributed by atoms with van der Waals surface area (Å²) in [6, 6.07) is 0. The summed E-state index contributed by atoms with van der Waals surface area (Å²) in [6.45, 7) is -0.287. The summed E-state index contributed by atoms with van der Waals surface area (Å²) in [4.78, 5) is 11.5. The molecule has 0 aromatic rings. The molecule has 0 spiro atoms. The Labute approximate surface area is 110 Å². The average molecular weight is 302 g/mol. The predicted molar refractivity (Wildman–Crippen MR) is 62.0 cm³/mol. The molecule has 0 atom stereocenters. The number of sulfone groups is 1. The molecule has 1 rings (SSSR count). The molecule has 0 radical (unpaired) electrons. The van der Waals surface area contributed by atoms with Gasteiger partial charge in [-0.15, -0.1) is 0 Å². The van der Waals surface area contributed by atoms with E-state index in [-0.39, 0.29) is 18.9 Å². The minimum atomic E-state index is -5.24. The lowest BCUT2D eigenvalue weighted by Crippen LogP contribution is -2.27. The lowest BCUT2D eigenvalue weighted by molar-refractivity contribution is -0.149. The van der Waals surface area contributed by atoms with Gasteiger partial charge >= 0.3 is 11.5 Å². The number of halogens is 3. The van der Waals surface area contributed by atoms with E-state index < -0.39 is 27.1 Å². The molecule has 0 aliphatic heterocycles. The van der Waals surface area contributed by atoms with Gasteiger partial charge in [0.25, 0.3) is 0 Å². The van der Waals surface area contributed by atoms with E-state index in [2.05, 4.69) is 0 Å². The van der Waals surface area contributed by atoms with Crippen LogP contribution < -0.4 is 0 Å². The number of esters is 1. The van der Waals surface area contributed by atoms with Crippen LogP contribution in [0.15, 0.2) is 0 Å². The standard InChI is InChI=1S/C11H17F3O4S/c12-11(13,14)19(16,17)8-4-7-18-10(15)9-5-2-1-3-6-9/h9H,1-8H2. The number of hydrogen-bond donors (Lipinski definition) is 0. The van der Waals surface area contributed by atoms with E-state index in [1.54, 1.807) is 0 Å². The van der Waals surface area contributed by atoms with E-state index in [9.17, 15) is 26.4 Å². The molecule has 4 nitrogen and oxygen atoms in total.